The van der Waals surface area contributed by atoms with Gasteiger partial charge >= 0.3 is 0 Å². The van der Waals surface area contributed by atoms with Gasteiger partial charge in [-0.3, -0.25) is 0 Å². The molecule has 1 aliphatic rings. The van der Waals surface area contributed by atoms with E-state index in [0.29, 0.717) is 0 Å². The van der Waals surface area contributed by atoms with Crippen molar-refractivity contribution >= 4 is 28.7 Å². The average molecular weight is 413 g/mol. The van der Waals surface area contributed by atoms with Crippen molar-refractivity contribution in [2.45, 2.75) is 25.5 Å². The number of nitrogens with two attached hydrogens (primary N) is 1. The van der Waals surface area contributed by atoms with Crippen molar-refractivity contribution in [2.24, 2.45) is 0 Å². The fraction of sp³-hybridized carbons (Fsp3) is 0.192. The van der Waals surface area contributed by atoms with Crippen LogP contribution >= 0.6 is 0 Å². The van der Waals surface area contributed by atoms with Crippen LogP contribution in [-0.2, 0) is 4.74 Å². The first-order chi connectivity index (χ1) is 15.2. The SMILES string of the molecule is Nc1ccc(C=Cc2ccc3c(c2)c(-c2ccc(F)cc2)nn3C2CCCCO2)cc1. The van der Waals surface area contributed by atoms with Crippen LogP contribution in [0.3, 0.4) is 0 Å². The molecule has 4 nitrogen and oxygen atoms in total. The third kappa shape index (κ3) is 4.09. The Labute approximate surface area is 180 Å². The van der Waals surface area contributed by atoms with E-state index in [2.05, 4.69) is 30.4 Å². The van der Waals surface area contributed by atoms with E-state index in [-0.39, 0.29) is 12.0 Å². The number of rotatable bonds is 4. The lowest BCUT2D eigenvalue weighted by atomic mass is 10.0. The number of nitrogen functional groups attached to an aromatic ring is 1. The normalized spacial score (nSPS) is 16.9. The molecule has 1 saturated heterocycles. The number of hydrogen-bond donors (Lipinski definition) is 1. The minimum atomic E-state index is -0.254. The van der Waals surface area contributed by atoms with E-state index >= 15 is 0 Å². The van der Waals surface area contributed by atoms with E-state index in [1.807, 2.05) is 28.9 Å². The second kappa shape index (κ2) is 8.36. The van der Waals surface area contributed by atoms with Crippen molar-refractivity contribution < 1.29 is 9.13 Å². The van der Waals surface area contributed by atoms with Gasteiger partial charge in [0.25, 0.3) is 0 Å². The largest absolute Gasteiger partial charge is 0.399 e. The molecule has 156 valence electrons. The van der Waals surface area contributed by atoms with Crippen LogP contribution in [0.25, 0.3) is 34.3 Å². The van der Waals surface area contributed by atoms with Crippen LogP contribution in [0.5, 0.6) is 0 Å². The molecule has 2 heterocycles. The molecule has 1 fully saturated rings. The Balaban J connectivity index is 1.58. The van der Waals surface area contributed by atoms with Gasteiger partial charge in [0.15, 0.2) is 6.23 Å². The van der Waals surface area contributed by atoms with Gasteiger partial charge in [-0.25, -0.2) is 9.07 Å². The summed E-state index contributed by atoms with van der Waals surface area (Å²) in [5.74, 6) is -0.254. The molecule has 4 aromatic rings. The number of hydrogen-bond acceptors (Lipinski definition) is 3. The van der Waals surface area contributed by atoms with E-state index < -0.39 is 0 Å². The van der Waals surface area contributed by atoms with Gasteiger partial charge in [0.05, 0.1) is 5.52 Å². The molecule has 1 aliphatic heterocycles. The summed E-state index contributed by atoms with van der Waals surface area (Å²) in [5.41, 5.74) is 11.4. The third-order valence-corrected chi connectivity index (χ3v) is 5.68. The van der Waals surface area contributed by atoms with Gasteiger partial charge in [-0.05, 0) is 78.9 Å². The summed E-state index contributed by atoms with van der Waals surface area (Å²) in [6, 6.07) is 20.6. The molecule has 0 aliphatic carbocycles. The summed E-state index contributed by atoms with van der Waals surface area (Å²) in [5, 5.41) is 5.94. The van der Waals surface area contributed by atoms with Crippen molar-refractivity contribution in [3.63, 3.8) is 0 Å². The van der Waals surface area contributed by atoms with Crippen LogP contribution in [-0.4, -0.2) is 16.4 Å². The highest BCUT2D eigenvalue weighted by Crippen LogP contribution is 2.33. The predicted octanol–water partition coefficient (Wildman–Crippen LogP) is 6.29. The lowest BCUT2D eigenvalue weighted by Gasteiger charge is -2.23. The summed E-state index contributed by atoms with van der Waals surface area (Å²) in [6.07, 6.45) is 7.22. The second-order valence-corrected chi connectivity index (χ2v) is 7.90. The van der Waals surface area contributed by atoms with Crippen molar-refractivity contribution in [3.05, 3.63) is 83.7 Å². The van der Waals surface area contributed by atoms with E-state index in [4.69, 9.17) is 15.6 Å². The molecule has 0 spiro atoms. The van der Waals surface area contributed by atoms with Gasteiger partial charge in [-0.15, -0.1) is 0 Å². The molecule has 0 saturated carbocycles. The van der Waals surface area contributed by atoms with E-state index in [0.717, 1.165) is 64.8 Å². The fourth-order valence-electron chi connectivity index (χ4n) is 4.02. The molecule has 0 radical (unpaired) electrons. The van der Waals surface area contributed by atoms with E-state index in [9.17, 15) is 4.39 Å². The summed E-state index contributed by atoms with van der Waals surface area (Å²) >= 11 is 0. The van der Waals surface area contributed by atoms with Crippen molar-refractivity contribution in [2.75, 3.05) is 12.3 Å². The molecule has 1 aromatic heterocycles. The lowest BCUT2D eigenvalue weighted by Crippen LogP contribution is -2.19. The van der Waals surface area contributed by atoms with Gasteiger partial charge in [-0.1, -0.05) is 30.4 Å². The molecule has 1 atom stereocenters. The Bertz CT molecular complexity index is 1220. The first-order valence-electron chi connectivity index (χ1n) is 10.6. The minimum absolute atomic E-state index is 0.0679. The maximum absolute atomic E-state index is 13.5. The van der Waals surface area contributed by atoms with Crippen LogP contribution in [0.4, 0.5) is 10.1 Å². The number of nitrogens with zero attached hydrogens (tertiary/aromatic N) is 2. The van der Waals surface area contributed by atoms with Crippen LogP contribution in [0, 0.1) is 5.82 Å². The second-order valence-electron chi connectivity index (χ2n) is 7.90. The highest BCUT2D eigenvalue weighted by Gasteiger charge is 2.21. The predicted molar refractivity (Wildman–Crippen MR) is 124 cm³/mol. The number of fused-ring (bicyclic) bond motifs is 1. The Kier molecular flexibility index (Phi) is 5.26. The summed E-state index contributed by atoms with van der Waals surface area (Å²) in [7, 11) is 0. The van der Waals surface area contributed by atoms with Crippen molar-refractivity contribution in [3.8, 4) is 11.3 Å². The standard InChI is InChI=1S/C26H24FN3O/c27-21-11-9-20(10-12-21)26-23-17-19(5-4-18-6-13-22(28)14-7-18)8-15-24(23)30(29-26)25-3-1-2-16-31-25/h4-15,17,25H,1-3,16,28H2. The number of aromatic nitrogens is 2. The molecule has 0 bridgehead atoms. The number of ether oxygens (including phenoxy) is 1. The molecule has 31 heavy (non-hydrogen) atoms. The van der Waals surface area contributed by atoms with Crippen LogP contribution < -0.4 is 5.73 Å². The first kappa shape index (κ1) is 19.5. The fourth-order valence-corrected chi connectivity index (χ4v) is 4.02. The number of halogens is 1. The Hall–Kier alpha value is -3.44. The summed E-state index contributed by atoms with van der Waals surface area (Å²) in [4.78, 5) is 0. The highest BCUT2D eigenvalue weighted by molar-refractivity contribution is 5.95. The van der Waals surface area contributed by atoms with E-state index in [1.54, 1.807) is 12.1 Å². The third-order valence-electron chi connectivity index (χ3n) is 5.68. The zero-order chi connectivity index (χ0) is 21.2. The van der Waals surface area contributed by atoms with Crippen LogP contribution in [0.2, 0.25) is 0 Å². The smallest absolute Gasteiger partial charge is 0.150 e. The van der Waals surface area contributed by atoms with E-state index in [1.165, 1.54) is 12.1 Å². The molecule has 0 amide bonds. The Morgan fingerprint density at radius 2 is 1.68 bits per heavy atom. The quantitative estimate of drug-likeness (QED) is 0.316. The zero-order valence-corrected chi connectivity index (χ0v) is 17.2. The van der Waals surface area contributed by atoms with Gasteiger partial charge in [0.1, 0.15) is 11.5 Å². The molecular formula is C26H24FN3O. The van der Waals surface area contributed by atoms with Crippen molar-refractivity contribution in [1.29, 1.82) is 0 Å². The monoisotopic (exact) mass is 413 g/mol. The minimum Gasteiger partial charge on any atom is -0.399 e. The Morgan fingerprint density at radius 3 is 2.42 bits per heavy atom. The zero-order valence-electron chi connectivity index (χ0n) is 17.2. The van der Waals surface area contributed by atoms with Gasteiger partial charge < -0.3 is 10.5 Å². The number of anilines is 1. The average Bonchev–Trinajstić information content (AvgIpc) is 3.19. The molecule has 2 N–H and O–H groups in total. The maximum Gasteiger partial charge on any atom is 0.150 e. The molecule has 1 unspecified atom stereocenters. The molecule has 5 rings (SSSR count). The van der Waals surface area contributed by atoms with Crippen LogP contribution in [0.1, 0.15) is 36.6 Å². The Morgan fingerprint density at radius 1 is 0.935 bits per heavy atom. The highest BCUT2D eigenvalue weighted by atomic mass is 19.1. The maximum atomic E-state index is 13.5. The van der Waals surface area contributed by atoms with Gasteiger partial charge in [-0.2, -0.15) is 5.10 Å². The topological polar surface area (TPSA) is 53.1 Å². The molecule has 3 aromatic carbocycles. The van der Waals surface area contributed by atoms with Crippen LogP contribution in [0.15, 0.2) is 66.7 Å². The van der Waals surface area contributed by atoms with Gasteiger partial charge in [0.2, 0.25) is 0 Å². The summed E-state index contributed by atoms with van der Waals surface area (Å²) in [6.45, 7) is 0.750. The molecular weight excluding hydrogens is 389 g/mol. The first-order valence-corrected chi connectivity index (χ1v) is 10.6. The molecule has 5 heteroatoms. The number of benzene rings is 3. The lowest BCUT2D eigenvalue weighted by molar-refractivity contribution is -0.0365. The van der Waals surface area contributed by atoms with Crippen molar-refractivity contribution in [1.82, 2.24) is 9.78 Å². The summed E-state index contributed by atoms with van der Waals surface area (Å²) < 4.78 is 21.5. The van der Waals surface area contributed by atoms with Gasteiger partial charge in [0, 0.05) is 23.2 Å².